The number of ether oxygens (including phenoxy) is 2. The number of alkyl halides is 1. The van der Waals surface area contributed by atoms with E-state index in [9.17, 15) is 9.18 Å². The number of pyridine rings is 1. The van der Waals surface area contributed by atoms with Crippen LogP contribution in [0.15, 0.2) is 36.8 Å². The second kappa shape index (κ2) is 14.3. The summed E-state index contributed by atoms with van der Waals surface area (Å²) in [6.45, 7) is 10.3. The van der Waals surface area contributed by atoms with Crippen LogP contribution in [0.1, 0.15) is 61.6 Å². The molecule has 3 aromatic rings. The standard InChI is InChI=1S/C31H39ClFN7O3/c1-4-40(21(2)3)31(41)24-18-22(33)6-7-27(24)43-30-29(35-20-36-37-30)39-16-9-23(10-17-39)42-28-8-13-34-26-11-15-38(14-5-12-32)19-25(26)28/h6-8,13,18,20-21,23H,4-5,9-12,14-17,19H2,1-3H3. The third-order valence-electron chi connectivity index (χ3n) is 7.97. The Kier molecular flexibility index (Phi) is 10.2. The summed E-state index contributed by atoms with van der Waals surface area (Å²) in [5.41, 5.74) is 2.41. The summed E-state index contributed by atoms with van der Waals surface area (Å²) < 4.78 is 26.9. The first-order chi connectivity index (χ1) is 20.9. The van der Waals surface area contributed by atoms with Crippen LogP contribution in [0.5, 0.6) is 17.4 Å². The van der Waals surface area contributed by atoms with Crippen molar-refractivity contribution in [1.29, 1.82) is 0 Å². The van der Waals surface area contributed by atoms with Gasteiger partial charge in [-0.15, -0.1) is 21.8 Å². The van der Waals surface area contributed by atoms with E-state index >= 15 is 0 Å². The molecule has 5 rings (SSSR count). The van der Waals surface area contributed by atoms with Crippen LogP contribution in [-0.4, -0.2) is 86.6 Å². The van der Waals surface area contributed by atoms with Gasteiger partial charge >= 0.3 is 0 Å². The number of piperidine rings is 1. The lowest BCUT2D eigenvalue weighted by Gasteiger charge is -2.34. The lowest BCUT2D eigenvalue weighted by atomic mass is 10.0. The zero-order chi connectivity index (χ0) is 30.3. The Morgan fingerprint density at radius 1 is 1.16 bits per heavy atom. The molecule has 1 amide bonds. The van der Waals surface area contributed by atoms with Crippen molar-refractivity contribution in [3.63, 3.8) is 0 Å². The van der Waals surface area contributed by atoms with E-state index in [4.69, 9.17) is 21.1 Å². The lowest BCUT2D eigenvalue weighted by molar-refractivity contribution is 0.0713. The number of carbonyl (C=O) groups is 1. The lowest BCUT2D eigenvalue weighted by Crippen LogP contribution is -2.39. The molecule has 0 unspecified atom stereocenters. The first kappa shape index (κ1) is 30.9. The molecule has 0 radical (unpaired) electrons. The third-order valence-corrected chi connectivity index (χ3v) is 8.23. The molecule has 230 valence electrons. The molecule has 0 spiro atoms. The Morgan fingerprint density at radius 2 is 1.98 bits per heavy atom. The van der Waals surface area contributed by atoms with Crippen molar-refractivity contribution in [2.24, 2.45) is 0 Å². The van der Waals surface area contributed by atoms with Gasteiger partial charge in [-0.2, -0.15) is 0 Å². The maximum Gasteiger partial charge on any atom is 0.282 e. The maximum absolute atomic E-state index is 14.2. The molecule has 2 aromatic heterocycles. The van der Waals surface area contributed by atoms with Crippen molar-refractivity contribution >= 4 is 23.3 Å². The zero-order valence-electron chi connectivity index (χ0n) is 25.0. The molecule has 0 N–H and O–H groups in total. The number of carbonyl (C=O) groups excluding carboxylic acids is 1. The van der Waals surface area contributed by atoms with Crippen LogP contribution in [0.25, 0.3) is 0 Å². The fraction of sp³-hybridized carbons (Fsp3) is 0.516. The summed E-state index contributed by atoms with van der Waals surface area (Å²) in [4.78, 5) is 28.5. The molecule has 0 atom stereocenters. The first-order valence-corrected chi connectivity index (χ1v) is 15.5. The van der Waals surface area contributed by atoms with Gasteiger partial charge in [0.05, 0.1) is 5.56 Å². The van der Waals surface area contributed by atoms with Crippen molar-refractivity contribution in [3.05, 3.63) is 59.4 Å². The quantitative estimate of drug-likeness (QED) is 0.274. The monoisotopic (exact) mass is 611 g/mol. The molecular weight excluding hydrogens is 573 g/mol. The molecular formula is C31H39ClFN7O3. The highest BCUT2D eigenvalue weighted by molar-refractivity contribution is 6.17. The number of anilines is 1. The molecule has 2 aliphatic heterocycles. The number of hydrogen-bond donors (Lipinski definition) is 0. The molecule has 1 saturated heterocycles. The maximum atomic E-state index is 14.2. The number of benzene rings is 1. The highest BCUT2D eigenvalue weighted by Gasteiger charge is 2.28. The molecule has 4 heterocycles. The van der Waals surface area contributed by atoms with Crippen LogP contribution in [-0.2, 0) is 13.0 Å². The highest BCUT2D eigenvalue weighted by atomic mass is 35.5. The van der Waals surface area contributed by atoms with Crippen molar-refractivity contribution in [1.82, 2.24) is 30.0 Å². The van der Waals surface area contributed by atoms with E-state index in [0.717, 1.165) is 56.8 Å². The molecule has 0 bridgehead atoms. The van der Waals surface area contributed by atoms with Crippen molar-refractivity contribution < 1.29 is 18.7 Å². The summed E-state index contributed by atoms with van der Waals surface area (Å²) in [6, 6.07) is 5.82. The van der Waals surface area contributed by atoms with Crippen molar-refractivity contribution in [2.75, 3.05) is 43.5 Å². The Labute approximate surface area is 257 Å². The molecule has 10 nitrogen and oxygen atoms in total. The average Bonchev–Trinajstić information content (AvgIpc) is 3.02. The van der Waals surface area contributed by atoms with E-state index in [1.807, 2.05) is 33.0 Å². The Morgan fingerprint density at radius 3 is 2.72 bits per heavy atom. The number of nitrogens with zero attached hydrogens (tertiary/aromatic N) is 7. The van der Waals surface area contributed by atoms with Gasteiger partial charge in [0.25, 0.3) is 11.8 Å². The number of halogens is 2. The number of hydrogen-bond acceptors (Lipinski definition) is 9. The molecule has 1 aromatic carbocycles. The number of amides is 1. The number of rotatable bonds is 11. The van der Waals surface area contributed by atoms with Crippen LogP contribution in [0.2, 0.25) is 0 Å². The van der Waals surface area contributed by atoms with Gasteiger partial charge in [-0.1, -0.05) is 0 Å². The largest absolute Gasteiger partial charge is 0.490 e. The van der Waals surface area contributed by atoms with E-state index in [1.165, 1.54) is 30.1 Å². The summed E-state index contributed by atoms with van der Waals surface area (Å²) >= 11 is 5.92. The number of aromatic nitrogens is 4. The molecule has 12 heteroatoms. The van der Waals surface area contributed by atoms with Crippen LogP contribution in [0.4, 0.5) is 10.2 Å². The summed E-state index contributed by atoms with van der Waals surface area (Å²) in [5, 5.41) is 8.11. The predicted molar refractivity (Wildman–Crippen MR) is 163 cm³/mol. The van der Waals surface area contributed by atoms with Gasteiger partial charge in [0, 0.05) is 81.4 Å². The minimum absolute atomic E-state index is 0.0394. The fourth-order valence-corrected chi connectivity index (χ4v) is 5.84. The second-order valence-electron chi connectivity index (χ2n) is 11.1. The molecule has 43 heavy (non-hydrogen) atoms. The second-order valence-corrected chi connectivity index (χ2v) is 11.5. The van der Waals surface area contributed by atoms with E-state index in [0.29, 0.717) is 31.3 Å². The smallest absolute Gasteiger partial charge is 0.282 e. The fourth-order valence-electron chi connectivity index (χ4n) is 5.72. The Bertz CT molecular complexity index is 1400. The average molecular weight is 612 g/mol. The van der Waals surface area contributed by atoms with E-state index in [1.54, 1.807) is 4.90 Å². The summed E-state index contributed by atoms with van der Waals surface area (Å²) in [7, 11) is 0. The van der Waals surface area contributed by atoms with Crippen LogP contribution >= 0.6 is 11.6 Å². The van der Waals surface area contributed by atoms with Gasteiger partial charge in [0.2, 0.25) is 0 Å². The topological polar surface area (TPSA) is 96.8 Å². The van der Waals surface area contributed by atoms with Gasteiger partial charge in [-0.3, -0.25) is 14.7 Å². The Hall–Kier alpha value is -3.57. The zero-order valence-corrected chi connectivity index (χ0v) is 25.8. The Balaban J connectivity index is 1.27. The highest BCUT2D eigenvalue weighted by Crippen LogP contribution is 2.34. The minimum Gasteiger partial charge on any atom is -0.490 e. The third kappa shape index (κ3) is 7.33. The normalized spacial score (nSPS) is 15.8. The van der Waals surface area contributed by atoms with Crippen LogP contribution in [0, 0.1) is 5.82 Å². The summed E-state index contributed by atoms with van der Waals surface area (Å²) in [6.07, 6.45) is 6.67. The molecule has 2 aliphatic rings. The van der Waals surface area contributed by atoms with Gasteiger partial charge < -0.3 is 19.3 Å². The minimum atomic E-state index is -0.520. The predicted octanol–water partition coefficient (Wildman–Crippen LogP) is 5.10. The van der Waals surface area contributed by atoms with Gasteiger partial charge in [-0.25, -0.2) is 9.37 Å². The molecule has 1 fully saturated rings. The molecule has 0 saturated carbocycles. The van der Waals surface area contributed by atoms with E-state index in [-0.39, 0.29) is 35.2 Å². The summed E-state index contributed by atoms with van der Waals surface area (Å²) in [5.74, 6) is 1.61. The van der Waals surface area contributed by atoms with Crippen molar-refractivity contribution in [2.45, 2.75) is 65.1 Å². The van der Waals surface area contributed by atoms with E-state index < -0.39 is 5.82 Å². The first-order valence-electron chi connectivity index (χ1n) is 15.0. The van der Waals surface area contributed by atoms with Gasteiger partial charge in [0.15, 0.2) is 5.82 Å². The van der Waals surface area contributed by atoms with Crippen LogP contribution < -0.4 is 14.4 Å². The van der Waals surface area contributed by atoms with Gasteiger partial charge in [0.1, 0.15) is 29.7 Å². The molecule has 0 aliphatic carbocycles. The number of fused-ring (bicyclic) bond motifs is 1. The van der Waals surface area contributed by atoms with Crippen molar-refractivity contribution in [3.8, 4) is 17.4 Å². The van der Waals surface area contributed by atoms with E-state index in [2.05, 4.69) is 30.0 Å². The SMILES string of the molecule is CCN(C(=O)c1cc(F)ccc1Oc1nncnc1N1CCC(Oc2ccnc3c2CN(CCCCl)CC3)CC1)C(C)C. The van der Waals surface area contributed by atoms with Gasteiger partial charge in [-0.05, 0) is 58.0 Å². The van der Waals surface area contributed by atoms with Crippen LogP contribution in [0.3, 0.4) is 0 Å².